The third-order valence-corrected chi connectivity index (χ3v) is 8.12. The number of methoxy groups -OCH3 is 1. The SMILES string of the molecule is COC(=O)C[C@@H]1CCN(C(=O)OCc2ccccc2)C[C@@H]1CC[Se]c1ccccc1[N+](=O)[O-]. The Bertz CT molecular complexity index is 955. The summed E-state index contributed by atoms with van der Waals surface area (Å²) in [6.07, 6.45) is 1.42. The molecular formula is C24H28N2O6Se. The average Bonchev–Trinajstić information content (AvgIpc) is 2.84. The Morgan fingerprint density at radius 3 is 2.58 bits per heavy atom. The van der Waals surface area contributed by atoms with Crippen LogP contribution in [0.3, 0.4) is 0 Å². The second kappa shape index (κ2) is 12.4. The number of nitro benzene ring substituents is 1. The van der Waals surface area contributed by atoms with Crippen LogP contribution in [0.25, 0.3) is 0 Å². The molecule has 0 aliphatic carbocycles. The maximum absolute atomic E-state index is 12.7. The number of esters is 1. The number of nitrogens with zero attached hydrogens (tertiary/aromatic N) is 2. The van der Waals surface area contributed by atoms with Gasteiger partial charge in [0.2, 0.25) is 0 Å². The van der Waals surface area contributed by atoms with Gasteiger partial charge in [0.15, 0.2) is 0 Å². The van der Waals surface area contributed by atoms with Gasteiger partial charge in [-0.05, 0) is 0 Å². The van der Waals surface area contributed by atoms with Crippen molar-refractivity contribution >= 4 is 37.2 Å². The molecule has 1 aliphatic heterocycles. The van der Waals surface area contributed by atoms with Crippen LogP contribution in [0.1, 0.15) is 24.8 Å². The Kier molecular flexibility index (Phi) is 9.27. The van der Waals surface area contributed by atoms with E-state index in [1.165, 1.54) is 13.2 Å². The summed E-state index contributed by atoms with van der Waals surface area (Å²) in [5.41, 5.74) is 1.08. The van der Waals surface area contributed by atoms with E-state index in [0.717, 1.165) is 21.8 Å². The van der Waals surface area contributed by atoms with Gasteiger partial charge in [0.05, 0.1) is 0 Å². The normalized spacial score (nSPS) is 17.9. The van der Waals surface area contributed by atoms with Gasteiger partial charge in [0.1, 0.15) is 0 Å². The van der Waals surface area contributed by atoms with Crippen LogP contribution < -0.4 is 4.46 Å². The summed E-state index contributed by atoms with van der Waals surface area (Å²) >= 11 is -0.0738. The number of ether oxygens (including phenoxy) is 2. The summed E-state index contributed by atoms with van der Waals surface area (Å²) in [6.45, 7) is 1.25. The van der Waals surface area contributed by atoms with Gasteiger partial charge in [0, 0.05) is 0 Å². The van der Waals surface area contributed by atoms with E-state index in [2.05, 4.69) is 0 Å². The van der Waals surface area contributed by atoms with Crippen molar-refractivity contribution in [1.29, 1.82) is 0 Å². The molecule has 1 aliphatic rings. The van der Waals surface area contributed by atoms with Crippen LogP contribution in [0.2, 0.25) is 5.32 Å². The number of rotatable bonds is 9. The fourth-order valence-electron chi connectivity index (χ4n) is 4.00. The van der Waals surface area contributed by atoms with E-state index in [4.69, 9.17) is 9.47 Å². The van der Waals surface area contributed by atoms with Crippen molar-refractivity contribution in [2.45, 2.75) is 31.2 Å². The van der Waals surface area contributed by atoms with E-state index in [1.54, 1.807) is 17.0 Å². The Morgan fingerprint density at radius 2 is 1.85 bits per heavy atom. The van der Waals surface area contributed by atoms with Gasteiger partial charge >= 0.3 is 200 Å². The minimum atomic E-state index is -0.357. The first-order valence-electron chi connectivity index (χ1n) is 10.9. The van der Waals surface area contributed by atoms with Crippen molar-refractivity contribution < 1.29 is 24.0 Å². The van der Waals surface area contributed by atoms with Crippen LogP contribution in [0.4, 0.5) is 10.5 Å². The molecule has 0 N–H and O–H groups in total. The summed E-state index contributed by atoms with van der Waals surface area (Å²) < 4.78 is 11.1. The quantitative estimate of drug-likeness (QED) is 0.217. The molecule has 0 bridgehead atoms. The second-order valence-electron chi connectivity index (χ2n) is 7.94. The number of nitro groups is 1. The molecule has 176 valence electrons. The number of para-hydroxylation sites is 1. The molecule has 1 amide bonds. The van der Waals surface area contributed by atoms with Crippen molar-refractivity contribution in [2.24, 2.45) is 11.8 Å². The third-order valence-electron chi connectivity index (χ3n) is 5.82. The molecule has 1 heterocycles. The molecule has 1 fully saturated rings. The maximum atomic E-state index is 12.7. The molecule has 33 heavy (non-hydrogen) atoms. The molecule has 2 atom stereocenters. The molecule has 0 unspecified atom stereocenters. The third kappa shape index (κ3) is 7.30. The molecule has 2 aromatic carbocycles. The Hall–Kier alpha value is -2.90. The summed E-state index contributed by atoms with van der Waals surface area (Å²) in [7, 11) is 1.38. The van der Waals surface area contributed by atoms with Gasteiger partial charge in [-0.25, -0.2) is 0 Å². The summed E-state index contributed by atoms with van der Waals surface area (Å²) in [6, 6.07) is 16.3. The van der Waals surface area contributed by atoms with E-state index >= 15 is 0 Å². The van der Waals surface area contributed by atoms with E-state index in [1.807, 2.05) is 36.4 Å². The molecule has 8 nitrogen and oxygen atoms in total. The zero-order valence-corrected chi connectivity index (χ0v) is 20.3. The predicted octanol–water partition coefficient (Wildman–Crippen LogP) is 3.57. The van der Waals surface area contributed by atoms with Crippen LogP contribution in [0, 0.1) is 22.0 Å². The van der Waals surface area contributed by atoms with Gasteiger partial charge in [-0.2, -0.15) is 0 Å². The first kappa shape index (κ1) is 24.7. The van der Waals surface area contributed by atoms with Crippen LogP contribution >= 0.6 is 0 Å². The van der Waals surface area contributed by atoms with Crippen LogP contribution in [0.15, 0.2) is 54.6 Å². The number of hydrogen-bond acceptors (Lipinski definition) is 6. The Balaban J connectivity index is 1.60. The second-order valence-corrected chi connectivity index (χ2v) is 10.3. The van der Waals surface area contributed by atoms with Crippen molar-refractivity contribution in [1.82, 2.24) is 4.90 Å². The molecule has 0 aromatic heterocycles. The minimum absolute atomic E-state index is 0.0738. The van der Waals surface area contributed by atoms with E-state index in [9.17, 15) is 19.7 Å². The number of carbonyl (C=O) groups excluding carboxylic acids is 2. The number of benzene rings is 2. The molecule has 0 spiro atoms. The summed E-state index contributed by atoms with van der Waals surface area (Å²) in [5, 5.41) is 12.1. The van der Waals surface area contributed by atoms with Crippen LogP contribution in [0.5, 0.6) is 0 Å². The fourth-order valence-corrected chi connectivity index (χ4v) is 6.32. The number of piperidine rings is 1. The molecule has 9 heteroatoms. The fraction of sp³-hybridized carbons (Fsp3) is 0.417. The number of amides is 1. The standard InChI is InChI=1S/C24H28N2O6Se/c1-31-23(27)15-19-11-13-25(24(28)32-17-18-7-3-2-4-8-18)16-20(19)12-14-33-22-10-6-5-9-21(22)26(29)30/h2-10,19-20H,11-17H2,1H3/t19-,20-/m0/s1. The van der Waals surface area contributed by atoms with Crippen molar-refractivity contribution in [3.8, 4) is 0 Å². The van der Waals surface area contributed by atoms with Gasteiger partial charge in [0.25, 0.3) is 0 Å². The zero-order chi connectivity index (χ0) is 23.6. The Labute approximate surface area is 199 Å². The first-order valence-corrected chi connectivity index (χ1v) is 12.9. The Morgan fingerprint density at radius 1 is 1.12 bits per heavy atom. The van der Waals surface area contributed by atoms with Crippen molar-refractivity contribution in [2.75, 3.05) is 20.2 Å². The number of hydrogen-bond donors (Lipinski definition) is 0. The average molecular weight is 519 g/mol. The van der Waals surface area contributed by atoms with Gasteiger partial charge in [-0.15, -0.1) is 0 Å². The molecule has 0 radical (unpaired) electrons. The molecular weight excluding hydrogens is 491 g/mol. The molecule has 1 saturated heterocycles. The van der Waals surface area contributed by atoms with Crippen molar-refractivity contribution in [3.05, 3.63) is 70.3 Å². The van der Waals surface area contributed by atoms with Gasteiger partial charge in [-0.3, -0.25) is 0 Å². The van der Waals surface area contributed by atoms with Crippen LogP contribution in [-0.4, -0.2) is 57.0 Å². The molecule has 0 saturated carbocycles. The van der Waals surface area contributed by atoms with Crippen LogP contribution in [-0.2, 0) is 20.9 Å². The molecule has 2 aromatic rings. The van der Waals surface area contributed by atoms with E-state index in [-0.39, 0.29) is 56.1 Å². The monoisotopic (exact) mass is 520 g/mol. The van der Waals surface area contributed by atoms with E-state index < -0.39 is 0 Å². The van der Waals surface area contributed by atoms with Crippen molar-refractivity contribution in [3.63, 3.8) is 0 Å². The van der Waals surface area contributed by atoms with Gasteiger partial charge in [-0.1, -0.05) is 0 Å². The molecule has 3 rings (SSSR count). The zero-order valence-electron chi connectivity index (χ0n) is 18.6. The van der Waals surface area contributed by atoms with E-state index in [0.29, 0.717) is 25.9 Å². The summed E-state index contributed by atoms with van der Waals surface area (Å²) in [4.78, 5) is 37.2. The topological polar surface area (TPSA) is 99.0 Å². The van der Waals surface area contributed by atoms with Gasteiger partial charge < -0.3 is 0 Å². The summed E-state index contributed by atoms with van der Waals surface area (Å²) in [5.74, 6) is -0.0433. The predicted molar refractivity (Wildman–Crippen MR) is 124 cm³/mol. The first-order chi connectivity index (χ1) is 16.0. The number of likely N-dealkylation sites (tertiary alicyclic amines) is 1. The number of carbonyl (C=O) groups is 2.